The molecule has 4 heteroatoms. The third-order valence-corrected chi connectivity index (χ3v) is 2.34. The summed E-state index contributed by atoms with van der Waals surface area (Å²) >= 11 is 0. The van der Waals surface area contributed by atoms with Crippen LogP contribution in [0.3, 0.4) is 0 Å². The molecule has 1 aromatic rings. The van der Waals surface area contributed by atoms with Crippen LogP contribution in [0.5, 0.6) is 5.75 Å². The van der Waals surface area contributed by atoms with Crippen molar-refractivity contribution in [3.63, 3.8) is 0 Å². The Bertz CT molecular complexity index is 348. The first-order chi connectivity index (χ1) is 8.13. The quantitative estimate of drug-likeness (QED) is 0.712. The average Bonchev–Trinajstić information content (AvgIpc) is 2.31. The van der Waals surface area contributed by atoms with Crippen LogP contribution in [0.1, 0.15) is 25.8 Å². The van der Waals surface area contributed by atoms with E-state index < -0.39 is 12.1 Å². The van der Waals surface area contributed by atoms with E-state index in [1.807, 2.05) is 12.1 Å². The first-order valence-electron chi connectivity index (χ1n) is 5.82. The normalized spacial score (nSPS) is 12.1. The number of nitrogens with one attached hydrogen (secondary N) is 1. The van der Waals surface area contributed by atoms with E-state index in [0.29, 0.717) is 5.75 Å². The highest BCUT2D eigenvalue weighted by molar-refractivity contribution is 5.72. The van der Waals surface area contributed by atoms with Gasteiger partial charge >= 0.3 is 5.97 Å². The highest BCUT2D eigenvalue weighted by atomic mass is 16.5. The third kappa shape index (κ3) is 4.87. The number of hydrogen-bond donors (Lipinski definition) is 2. The van der Waals surface area contributed by atoms with Gasteiger partial charge in [-0.3, -0.25) is 0 Å². The summed E-state index contributed by atoms with van der Waals surface area (Å²) in [5.41, 5.74) is 1.16. The fourth-order valence-corrected chi connectivity index (χ4v) is 1.35. The molecule has 0 heterocycles. The highest BCUT2D eigenvalue weighted by Gasteiger charge is 2.11. The molecule has 2 N–H and O–H groups in total. The zero-order valence-corrected chi connectivity index (χ0v) is 10.3. The van der Waals surface area contributed by atoms with E-state index in [4.69, 9.17) is 9.84 Å². The molecule has 0 saturated heterocycles. The van der Waals surface area contributed by atoms with Crippen molar-refractivity contribution in [3.05, 3.63) is 29.8 Å². The maximum absolute atomic E-state index is 10.6. The number of benzene rings is 1. The summed E-state index contributed by atoms with van der Waals surface area (Å²) in [6.45, 7) is 5.45. The minimum atomic E-state index is -0.960. The van der Waals surface area contributed by atoms with Gasteiger partial charge in [0, 0.05) is 6.54 Å². The molecule has 0 fully saturated rings. The largest absolute Gasteiger partial charge is 0.479 e. The summed E-state index contributed by atoms with van der Waals surface area (Å²) in [5.74, 6) is -0.377. The minimum absolute atomic E-state index is 0.583. The maximum Gasteiger partial charge on any atom is 0.344 e. The first kappa shape index (κ1) is 13.5. The highest BCUT2D eigenvalue weighted by Crippen LogP contribution is 2.13. The first-order valence-corrected chi connectivity index (χ1v) is 5.82. The van der Waals surface area contributed by atoms with E-state index in [1.165, 1.54) is 6.92 Å². The van der Waals surface area contributed by atoms with Gasteiger partial charge < -0.3 is 15.2 Å². The van der Waals surface area contributed by atoms with Gasteiger partial charge in [-0.05, 0) is 37.6 Å². The lowest BCUT2D eigenvalue weighted by molar-refractivity contribution is -0.144. The number of carbonyl (C=O) groups is 1. The van der Waals surface area contributed by atoms with Crippen molar-refractivity contribution in [1.29, 1.82) is 0 Å². The number of rotatable bonds is 7. The molecule has 1 aromatic carbocycles. The topological polar surface area (TPSA) is 58.6 Å². The molecule has 94 valence electrons. The zero-order chi connectivity index (χ0) is 12.7. The van der Waals surface area contributed by atoms with Gasteiger partial charge in [-0.15, -0.1) is 0 Å². The van der Waals surface area contributed by atoms with E-state index in [1.54, 1.807) is 12.1 Å². The lowest BCUT2D eigenvalue weighted by atomic mass is 10.2. The summed E-state index contributed by atoms with van der Waals surface area (Å²) in [5, 5.41) is 12.0. The molecule has 1 atom stereocenters. The van der Waals surface area contributed by atoms with Crippen LogP contribution in [-0.2, 0) is 11.3 Å². The van der Waals surface area contributed by atoms with Crippen LogP contribution in [-0.4, -0.2) is 23.7 Å². The fraction of sp³-hybridized carbons (Fsp3) is 0.462. The number of hydrogen-bond acceptors (Lipinski definition) is 3. The molecule has 17 heavy (non-hydrogen) atoms. The van der Waals surface area contributed by atoms with Crippen molar-refractivity contribution in [3.8, 4) is 5.75 Å². The molecule has 1 rings (SSSR count). The van der Waals surface area contributed by atoms with Crippen LogP contribution in [0, 0.1) is 0 Å². The van der Waals surface area contributed by atoms with Gasteiger partial charge in [0.2, 0.25) is 0 Å². The van der Waals surface area contributed by atoms with Crippen molar-refractivity contribution in [1.82, 2.24) is 5.32 Å². The second kappa shape index (κ2) is 6.91. The SMILES string of the molecule is CCCNCc1ccc(OC(C)C(=O)O)cc1. The molecule has 0 spiro atoms. The van der Waals surface area contributed by atoms with Gasteiger partial charge in [0.05, 0.1) is 0 Å². The molecule has 0 amide bonds. The van der Waals surface area contributed by atoms with Gasteiger partial charge in [0.15, 0.2) is 6.10 Å². The van der Waals surface area contributed by atoms with Crippen LogP contribution in [0.4, 0.5) is 0 Å². The average molecular weight is 237 g/mol. The zero-order valence-electron chi connectivity index (χ0n) is 10.3. The summed E-state index contributed by atoms with van der Waals surface area (Å²) in [7, 11) is 0. The molecule has 0 aromatic heterocycles. The van der Waals surface area contributed by atoms with Gasteiger partial charge in [0.25, 0.3) is 0 Å². The Kier molecular flexibility index (Phi) is 5.49. The standard InChI is InChI=1S/C13H19NO3/c1-3-8-14-9-11-4-6-12(7-5-11)17-10(2)13(15)16/h4-7,10,14H,3,8-9H2,1-2H3,(H,15,16). The number of aliphatic carboxylic acids is 1. The molecule has 4 nitrogen and oxygen atoms in total. The second-order valence-corrected chi connectivity index (χ2v) is 3.92. The van der Waals surface area contributed by atoms with Crippen LogP contribution >= 0.6 is 0 Å². The Balaban J connectivity index is 2.47. The monoisotopic (exact) mass is 237 g/mol. The van der Waals surface area contributed by atoms with Crippen molar-refractivity contribution in [2.75, 3.05) is 6.54 Å². The Hall–Kier alpha value is -1.55. The Labute approximate surface area is 102 Å². The fourth-order valence-electron chi connectivity index (χ4n) is 1.35. The maximum atomic E-state index is 10.6. The lowest BCUT2D eigenvalue weighted by Gasteiger charge is -2.10. The molecule has 0 aliphatic rings. The van der Waals surface area contributed by atoms with Crippen molar-refractivity contribution < 1.29 is 14.6 Å². The van der Waals surface area contributed by atoms with Gasteiger partial charge in [-0.1, -0.05) is 19.1 Å². The van der Waals surface area contributed by atoms with Crippen LogP contribution < -0.4 is 10.1 Å². The van der Waals surface area contributed by atoms with E-state index in [-0.39, 0.29) is 0 Å². The number of carboxylic acids is 1. The molecule has 1 unspecified atom stereocenters. The predicted molar refractivity (Wildman–Crippen MR) is 66.2 cm³/mol. The van der Waals surface area contributed by atoms with Crippen molar-refractivity contribution in [2.45, 2.75) is 32.9 Å². The van der Waals surface area contributed by atoms with Gasteiger partial charge in [-0.25, -0.2) is 4.79 Å². The summed E-state index contributed by atoms with van der Waals surface area (Å²) in [4.78, 5) is 10.6. The lowest BCUT2D eigenvalue weighted by Crippen LogP contribution is -2.22. The van der Waals surface area contributed by atoms with Crippen LogP contribution in [0.25, 0.3) is 0 Å². The smallest absolute Gasteiger partial charge is 0.344 e. The van der Waals surface area contributed by atoms with E-state index >= 15 is 0 Å². The van der Waals surface area contributed by atoms with E-state index in [0.717, 1.165) is 25.1 Å². The van der Waals surface area contributed by atoms with E-state index in [9.17, 15) is 4.79 Å². The molecule has 0 aliphatic carbocycles. The number of ether oxygens (including phenoxy) is 1. The molecule has 0 radical (unpaired) electrons. The van der Waals surface area contributed by atoms with Crippen LogP contribution in [0.2, 0.25) is 0 Å². The predicted octanol–water partition coefficient (Wildman–Crippen LogP) is 2.04. The summed E-state index contributed by atoms with van der Waals surface area (Å²) in [6.07, 6.45) is 0.288. The minimum Gasteiger partial charge on any atom is -0.479 e. The van der Waals surface area contributed by atoms with Crippen LogP contribution in [0.15, 0.2) is 24.3 Å². The Morgan fingerprint density at radius 3 is 2.59 bits per heavy atom. The summed E-state index contributed by atoms with van der Waals surface area (Å²) < 4.78 is 5.24. The van der Waals surface area contributed by atoms with Gasteiger partial charge in [-0.2, -0.15) is 0 Å². The molecule has 0 bridgehead atoms. The Morgan fingerprint density at radius 2 is 2.06 bits per heavy atom. The molecule has 0 aliphatic heterocycles. The third-order valence-electron chi connectivity index (χ3n) is 2.34. The van der Waals surface area contributed by atoms with Crippen molar-refractivity contribution >= 4 is 5.97 Å². The Morgan fingerprint density at radius 1 is 1.41 bits per heavy atom. The van der Waals surface area contributed by atoms with E-state index in [2.05, 4.69) is 12.2 Å². The molecular weight excluding hydrogens is 218 g/mol. The molecular formula is C13H19NO3. The number of carboxylic acid groups (broad SMARTS) is 1. The van der Waals surface area contributed by atoms with Gasteiger partial charge in [0.1, 0.15) is 5.75 Å². The van der Waals surface area contributed by atoms with Crippen molar-refractivity contribution in [2.24, 2.45) is 0 Å². The molecule has 0 saturated carbocycles. The summed E-state index contributed by atoms with van der Waals surface area (Å²) in [6, 6.07) is 7.46. The second-order valence-electron chi connectivity index (χ2n) is 3.92.